The molecule has 0 radical (unpaired) electrons. The first-order chi connectivity index (χ1) is 11.9. The van der Waals surface area contributed by atoms with E-state index in [2.05, 4.69) is 5.10 Å². The number of hydrogen-bond donors (Lipinski definition) is 2. The number of benzene rings is 2. The molecular weight excluding hydrogens is 599 g/mol. The van der Waals surface area contributed by atoms with Crippen LogP contribution in [-0.2, 0) is 6.18 Å². The highest BCUT2D eigenvalue weighted by molar-refractivity contribution is 14.1. The maximum atomic E-state index is 13.7. The number of hydrogen-bond acceptors (Lipinski definition) is 3. The molecule has 0 saturated heterocycles. The third-order valence-corrected chi connectivity index (χ3v) is 4.43. The van der Waals surface area contributed by atoms with Gasteiger partial charge in [-0.3, -0.25) is 5.43 Å². The molecular formula is C14H5F7I2N2O. The molecule has 2 rings (SSSR count). The van der Waals surface area contributed by atoms with Gasteiger partial charge in [0.2, 0.25) is 0 Å². The lowest BCUT2D eigenvalue weighted by Crippen LogP contribution is -2.16. The molecule has 26 heavy (non-hydrogen) atoms. The Morgan fingerprint density at radius 2 is 1.50 bits per heavy atom. The van der Waals surface area contributed by atoms with Crippen molar-refractivity contribution < 1.29 is 35.8 Å². The number of rotatable bonds is 3. The zero-order valence-corrected chi connectivity index (χ0v) is 16.3. The molecule has 3 nitrogen and oxygen atoms in total. The van der Waals surface area contributed by atoms with Gasteiger partial charge >= 0.3 is 6.18 Å². The molecule has 0 spiro atoms. The zero-order chi connectivity index (χ0) is 19.8. The molecule has 0 saturated carbocycles. The van der Waals surface area contributed by atoms with E-state index in [0.717, 1.165) is 6.21 Å². The van der Waals surface area contributed by atoms with Crippen molar-refractivity contribution in [3.8, 4) is 5.75 Å². The molecule has 0 unspecified atom stereocenters. The molecule has 0 aliphatic carbocycles. The van der Waals surface area contributed by atoms with Gasteiger partial charge in [-0.2, -0.15) is 18.3 Å². The van der Waals surface area contributed by atoms with Gasteiger partial charge in [-0.1, -0.05) is 0 Å². The summed E-state index contributed by atoms with van der Waals surface area (Å²) in [7, 11) is 0. The fourth-order valence-corrected chi connectivity index (χ4v) is 3.72. The second-order valence-electron chi connectivity index (χ2n) is 4.70. The minimum Gasteiger partial charge on any atom is -0.506 e. The van der Waals surface area contributed by atoms with Gasteiger partial charge in [-0.25, -0.2) is 17.6 Å². The first-order valence-electron chi connectivity index (χ1n) is 6.35. The van der Waals surface area contributed by atoms with Crippen LogP contribution in [0.5, 0.6) is 5.75 Å². The van der Waals surface area contributed by atoms with E-state index in [1.54, 1.807) is 34.1 Å². The van der Waals surface area contributed by atoms with Crippen LogP contribution in [0.15, 0.2) is 17.2 Å². The van der Waals surface area contributed by atoms with Crippen molar-refractivity contribution >= 4 is 57.1 Å². The van der Waals surface area contributed by atoms with Gasteiger partial charge < -0.3 is 5.11 Å². The largest absolute Gasteiger partial charge is 0.506 e. The second-order valence-corrected chi connectivity index (χ2v) is 7.11. The highest BCUT2D eigenvalue weighted by atomic mass is 127. The Hall–Kier alpha value is -1.32. The van der Waals surface area contributed by atoms with Crippen LogP contribution < -0.4 is 5.43 Å². The fraction of sp³-hybridized carbons (Fsp3) is 0.0714. The normalized spacial score (nSPS) is 12.0. The topological polar surface area (TPSA) is 44.6 Å². The minimum absolute atomic E-state index is 0.0995. The Kier molecular flexibility index (Phi) is 6.24. The van der Waals surface area contributed by atoms with Crippen LogP contribution in [0.4, 0.5) is 36.4 Å². The Labute approximate surface area is 168 Å². The molecule has 0 aromatic heterocycles. The van der Waals surface area contributed by atoms with Crippen LogP contribution in [0.3, 0.4) is 0 Å². The number of halogens is 9. The van der Waals surface area contributed by atoms with Crippen molar-refractivity contribution in [2.75, 3.05) is 5.43 Å². The van der Waals surface area contributed by atoms with Crippen LogP contribution in [0, 0.1) is 30.4 Å². The lowest BCUT2D eigenvalue weighted by Gasteiger charge is -2.13. The quantitative estimate of drug-likeness (QED) is 0.157. The summed E-state index contributed by atoms with van der Waals surface area (Å²) in [6.07, 6.45) is -4.74. The lowest BCUT2D eigenvalue weighted by molar-refractivity contribution is -0.143. The van der Waals surface area contributed by atoms with E-state index < -0.39 is 40.7 Å². The van der Waals surface area contributed by atoms with Gasteiger partial charge in [0.15, 0.2) is 23.3 Å². The summed E-state index contributed by atoms with van der Waals surface area (Å²) in [6.45, 7) is 0. The summed E-state index contributed by atoms with van der Waals surface area (Å²) in [6, 6.07) is 3.05. The fourth-order valence-electron chi connectivity index (χ4n) is 1.83. The number of phenols is 1. The summed E-state index contributed by atoms with van der Waals surface area (Å²) in [4.78, 5) is 0. The number of nitrogens with one attached hydrogen (secondary N) is 1. The van der Waals surface area contributed by atoms with Gasteiger partial charge in [0.1, 0.15) is 17.0 Å². The van der Waals surface area contributed by atoms with Crippen molar-refractivity contribution in [1.29, 1.82) is 0 Å². The molecule has 0 bridgehead atoms. The first-order valence-corrected chi connectivity index (χ1v) is 8.51. The summed E-state index contributed by atoms with van der Waals surface area (Å²) in [5.74, 6) is -9.98. The van der Waals surface area contributed by atoms with Crippen LogP contribution in [0.1, 0.15) is 11.1 Å². The molecule has 140 valence electrons. The third-order valence-electron chi connectivity index (χ3n) is 2.98. The number of hydrazone groups is 1. The molecule has 0 atom stereocenters. The van der Waals surface area contributed by atoms with Crippen molar-refractivity contribution in [3.05, 3.63) is 53.7 Å². The maximum Gasteiger partial charge on any atom is 0.422 e. The average Bonchev–Trinajstić information content (AvgIpc) is 2.52. The van der Waals surface area contributed by atoms with E-state index in [0.29, 0.717) is 7.14 Å². The Morgan fingerprint density at radius 3 is 2.00 bits per heavy atom. The zero-order valence-electron chi connectivity index (χ0n) is 12.0. The maximum absolute atomic E-state index is 13.7. The van der Waals surface area contributed by atoms with Gasteiger partial charge in [-0.05, 0) is 57.3 Å². The van der Waals surface area contributed by atoms with E-state index in [-0.39, 0.29) is 11.3 Å². The average molecular weight is 604 g/mol. The van der Waals surface area contributed by atoms with Gasteiger partial charge in [0.05, 0.1) is 9.78 Å². The van der Waals surface area contributed by atoms with Gasteiger partial charge in [-0.15, -0.1) is 0 Å². The number of aromatic hydroxyl groups is 1. The SMILES string of the molecule is Oc1c(I)cc(I)cc1C=NNc1c(F)c(F)c(C(F)(F)F)c(F)c1F. The molecule has 0 aliphatic rings. The second kappa shape index (κ2) is 7.74. The third kappa shape index (κ3) is 4.15. The van der Waals surface area contributed by atoms with E-state index in [9.17, 15) is 35.8 Å². The first kappa shape index (κ1) is 21.0. The Balaban J connectivity index is 2.43. The Bertz CT molecular complexity index is 871. The minimum atomic E-state index is -5.62. The molecule has 2 N–H and O–H groups in total. The molecule has 2 aromatic rings. The summed E-state index contributed by atoms with van der Waals surface area (Å²) < 4.78 is 93.0. The van der Waals surface area contributed by atoms with Crippen molar-refractivity contribution in [3.63, 3.8) is 0 Å². The molecule has 12 heteroatoms. The number of anilines is 1. The van der Waals surface area contributed by atoms with E-state index in [4.69, 9.17) is 0 Å². The van der Waals surface area contributed by atoms with Gasteiger partial charge in [0.25, 0.3) is 0 Å². The van der Waals surface area contributed by atoms with Crippen molar-refractivity contribution in [2.24, 2.45) is 5.10 Å². The lowest BCUT2D eigenvalue weighted by atomic mass is 10.1. The molecule has 0 aliphatic heterocycles. The molecule has 0 heterocycles. The highest BCUT2D eigenvalue weighted by Crippen LogP contribution is 2.38. The van der Waals surface area contributed by atoms with E-state index in [1.807, 2.05) is 22.6 Å². The predicted molar refractivity (Wildman–Crippen MR) is 96.0 cm³/mol. The van der Waals surface area contributed by atoms with Gasteiger partial charge in [0, 0.05) is 9.13 Å². The van der Waals surface area contributed by atoms with Crippen LogP contribution in [0.25, 0.3) is 0 Å². The standard InChI is InChI=1S/C14H5F7I2N2O/c15-8-7(14(19,20)21)9(16)11(18)12(10(8)17)25-24-3-4-1-5(22)2-6(23)13(4)26/h1-3,25-26H. The van der Waals surface area contributed by atoms with Crippen molar-refractivity contribution in [1.82, 2.24) is 0 Å². The molecule has 0 fully saturated rings. The monoisotopic (exact) mass is 604 g/mol. The highest BCUT2D eigenvalue weighted by Gasteiger charge is 2.42. The van der Waals surface area contributed by atoms with Crippen LogP contribution >= 0.6 is 45.2 Å². The summed E-state index contributed by atoms with van der Waals surface area (Å²) in [5, 5.41) is 13.1. The van der Waals surface area contributed by atoms with E-state index in [1.165, 1.54) is 6.07 Å². The van der Waals surface area contributed by atoms with E-state index >= 15 is 0 Å². The summed E-state index contributed by atoms with van der Waals surface area (Å²) in [5.41, 5.74) is -2.50. The number of alkyl halides is 3. The number of phenolic OH excluding ortho intramolecular Hbond substituents is 1. The predicted octanol–water partition coefficient (Wildman–Crippen LogP) is 5.62. The smallest absolute Gasteiger partial charge is 0.422 e. The van der Waals surface area contributed by atoms with Crippen molar-refractivity contribution in [2.45, 2.75) is 6.18 Å². The number of nitrogens with zero attached hydrogens (tertiary/aromatic N) is 1. The van der Waals surface area contributed by atoms with Crippen LogP contribution in [0.2, 0.25) is 0 Å². The summed E-state index contributed by atoms with van der Waals surface area (Å²) >= 11 is 3.72. The Morgan fingerprint density at radius 1 is 0.962 bits per heavy atom. The molecule has 2 aromatic carbocycles. The molecule has 0 amide bonds. The van der Waals surface area contributed by atoms with Crippen LogP contribution in [-0.4, -0.2) is 11.3 Å².